The van der Waals surface area contributed by atoms with Crippen LogP contribution in [0.5, 0.6) is 11.5 Å². The Balaban J connectivity index is 1.46. The van der Waals surface area contributed by atoms with Crippen LogP contribution in [0.4, 0.5) is 10.6 Å². The molecule has 2 aromatic heterocycles. The minimum absolute atomic E-state index is 0.233. The van der Waals surface area contributed by atoms with Gasteiger partial charge in [0.25, 0.3) is 0 Å². The molecule has 164 valence electrons. The van der Waals surface area contributed by atoms with Gasteiger partial charge < -0.3 is 19.9 Å². The fourth-order valence-electron chi connectivity index (χ4n) is 3.08. The molecule has 0 amide bonds. The average Bonchev–Trinajstić information content (AvgIpc) is 3.25. The van der Waals surface area contributed by atoms with Gasteiger partial charge >= 0.3 is 6.16 Å². The average molecular weight is 467 g/mol. The number of ether oxygens (including phenoxy) is 3. The third kappa shape index (κ3) is 5.33. The number of nitrogens with two attached hydrogens (primary N) is 1. The summed E-state index contributed by atoms with van der Waals surface area (Å²) in [5.41, 5.74) is 8.27. The molecule has 0 aliphatic heterocycles. The third-order valence-electron chi connectivity index (χ3n) is 4.57. The topological polar surface area (TPSA) is 83.7 Å². The van der Waals surface area contributed by atoms with Crippen molar-refractivity contribution in [1.82, 2.24) is 4.98 Å². The molecule has 2 heterocycles. The first-order chi connectivity index (χ1) is 15.6. The number of nitrogen functional groups attached to an aromatic ring is 1. The number of carbonyl (C=O) groups excluding carboxylic acids is 1. The first-order valence-electron chi connectivity index (χ1n) is 10.0. The number of aromatic nitrogens is 1. The maximum atomic E-state index is 11.7. The molecular formula is C24H22N2O4S2. The van der Waals surface area contributed by atoms with Crippen LogP contribution in [0.15, 0.2) is 71.1 Å². The van der Waals surface area contributed by atoms with Crippen LogP contribution in [0.1, 0.15) is 18.1 Å². The van der Waals surface area contributed by atoms with Crippen LogP contribution >= 0.6 is 23.1 Å². The van der Waals surface area contributed by atoms with E-state index in [4.69, 9.17) is 19.9 Å². The van der Waals surface area contributed by atoms with Crippen LogP contribution < -0.4 is 15.2 Å². The number of rotatable bonds is 8. The maximum Gasteiger partial charge on any atom is 0.513 e. The van der Waals surface area contributed by atoms with Gasteiger partial charge in [-0.1, -0.05) is 36.4 Å². The monoisotopic (exact) mass is 466 g/mol. The van der Waals surface area contributed by atoms with E-state index in [0.29, 0.717) is 18.2 Å². The quantitative estimate of drug-likeness (QED) is 0.241. The Morgan fingerprint density at radius 2 is 2.00 bits per heavy atom. The predicted octanol–water partition coefficient (Wildman–Crippen LogP) is 6.29. The van der Waals surface area contributed by atoms with E-state index in [9.17, 15) is 4.79 Å². The first kappa shape index (κ1) is 22.0. The zero-order valence-corrected chi connectivity index (χ0v) is 19.1. The molecule has 0 fully saturated rings. The second-order valence-electron chi connectivity index (χ2n) is 6.80. The largest absolute Gasteiger partial charge is 0.513 e. The molecule has 32 heavy (non-hydrogen) atoms. The van der Waals surface area contributed by atoms with Gasteiger partial charge in [-0.15, -0.1) is 23.1 Å². The molecule has 0 aliphatic carbocycles. The molecule has 4 aromatic rings. The number of thioether (sulfide) groups is 1. The Morgan fingerprint density at radius 1 is 1.16 bits per heavy atom. The Labute approximate surface area is 194 Å². The molecule has 2 aromatic carbocycles. The van der Waals surface area contributed by atoms with Gasteiger partial charge in [-0.05, 0) is 36.1 Å². The van der Waals surface area contributed by atoms with Gasteiger partial charge in [0.1, 0.15) is 18.2 Å². The highest BCUT2D eigenvalue weighted by atomic mass is 32.2. The number of hydrogen-bond acceptors (Lipinski definition) is 8. The van der Waals surface area contributed by atoms with Crippen LogP contribution in [-0.4, -0.2) is 17.7 Å². The van der Waals surface area contributed by atoms with Crippen molar-refractivity contribution in [2.45, 2.75) is 24.2 Å². The molecule has 8 heteroatoms. The molecule has 4 rings (SSSR count). The molecule has 0 saturated heterocycles. The molecular weight excluding hydrogens is 444 g/mol. The smallest absolute Gasteiger partial charge is 0.489 e. The van der Waals surface area contributed by atoms with Crippen LogP contribution in [0.2, 0.25) is 0 Å². The Morgan fingerprint density at radius 3 is 2.81 bits per heavy atom. The van der Waals surface area contributed by atoms with Gasteiger partial charge in [-0.2, -0.15) is 0 Å². The Kier molecular flexibility index (Phi) is 7.14. The van der Waals surface area contributed by atoms with Crippen molar-refractivity contribution in [3.05, 3.63) is 77.3 Å². The van der Waals surface area contributed by atoms with E-state index in [1.165, 1.54) is 23.1 Å². The van der Waals surface area contributed by atoms with Gasteiger partial charge in [0.05, 0.1) is 17.5 Å². The minimum atomic E-state index is -0.767. The number of anilines is 1. The van der Waals surface area contributed by atoms with Crippen molar-refractivity contribution in [1.29, 1.82) is 0 Å². The molecule has 0 saturated carbocycles. The van der Waals surface area contributed by atoms with Crippen LogP contribution in [0, 0.1) is 0 Å². The van der Waals surface area contributed by atoms with Gasteiger partial charge in [-0.25, -0.2) is 9.78 Å². The van der Waals surface area contributed by atoms with Crippen molar-refractivity contribution in [3.8, 4) is 11.5 Å². The van der Waals surface area contributed by atoms with Crippen LogP contribution in [0.25, 0.3) is 10.1 Å². The Bertz CT molecular complexity index is 1210. The molecule has 0 bridgehead atoms. The standard InChI is InChI=1S/C24H22N2O4S2/c1-2-28-24(27)30-20-12-26-23(25)21-17(15-32-22(20)21)13-29-18-9-6-10-19(11-18)31-14-16-7-4-3-5-8-16/h3-12,15H,2,13-14H2,1H3,(H2,25,26). The first-order valence-corrected chi connectivity index (χ1v) is 11.9. The molecule has 0 aliphatic rings. The summed E-state index contributed by atoms with van der Waals surface area (Å²) in [5.74, 6) is 2.35. The number of hydrogen-bond donors (Lipinski definition) is 1. The maximum absolute atomic E-state index is 11.7. The molecule has 0 radical (unpaired) electrons. The van der Waals surface area contributed by atoms with Gasteiger partial charge in [0.2, 0.25) is 0 Å². The zero-order valence-electron chi connectivity index (χ0n) is 17.4. The zero-order chi connectivity index (χ0) is 22.3. The number of pyridine rings is 1. The lowest BCUT2D eigenvalue weighted by Gasteiger charge is -2.09. The fourth-order valence-corrected chi connectivity index (χ4v) is 4.99. The number of benzene rings is 2. The predicted molar refractivity (Wildman–Crippen MR) is 128 cm³/mol. The van der Waals surface area contributed by atoms with E-state index in [2.05, 4.69) is 23.2 Å². The van der Waals surface area contributed by atoms with Crippen molar-refractivity contribution in [3.63, 3.8) is 0 Å². The van der Waals surface area contributed by atoms with E-state index in [-0.39, 0.29) is 6.61 Å². The summed E-state index contributed by atoms with van der Waals surface area (Å²) in [4.78, 5) is 17.0. The summed E-state index contributed by atoms with van der Waals surface area (Å²) in [5, 5.41) is 2.67. The summed E-state index contributed by atoms with van der Waals surface area (Å²) < 4.78 is 16.9. The van der Waals surface area contributed by atoms with Crippen molar-refractivity contribution >= 4 is 45.2 Å². The van der Waals surface area contributed by atoms with E-state index >= 15 is 0 Å². The highest BCUT2D eigenvalue weighted by molar-refractivity contribution is 7.98. The SMILES string of the molecule is CCOC(=O)Oc1cnc(N)c2c(COc3cccc(SCc4ccccc4)c3)csc12. The van der Waals surface area contributed by atoms with E-state index in [1.807, 2.05) is 41.8 Å². The van der Waals surface area contributed by atoms with Crippen molar-refractivity contribution in [2.24, 2.45) is 0 Å². The van der Waals surface area contributed by atoms with Crippen LogP contribution in [-0.2, 0) is 17.1 Å². The lowest BCUT2D eigenvalue weighted by Crippen LogP contribution is -2.10. The lowest BCUT2D eigenvalue weighted by atomic mass is 10.2. The molecule has 0 spiro atoms. The molecule has 0 unspecified atom stereocenters. The second-order valence-corrected chi connectivity index (χ2v) is 8.72. The highest BCUT2D eigenvalue weighted by Crippen LogP contribution is 2.37. The van der Waals surface area contributed by atoms with Crippen molar-refractivity contribution < 1.29 is 19.0 Å². The molecule has 6 nitrogen and oxygen atoms in total. The minimum Gasteiger partial charge on any atom is -0.489 e. The summed E-state index contributed by atoms with van der Waals surface area (Å²) in [6.45, 7) is 2.27. The molecule has 0 atom stereocenters. The normalized spacial score (nSPS) is 10.8. The van der Waals surface area contributed by atoms with Crippen LogP contribution in [0.3, 0.4) is 0 Å². The molecule has 2 N–H and O–H groups in total. The van der Waals surface area contributed by atoms with Gasteiger partial charge in [0.15, 0.2) is 5.75 Å². The third-order valence-corrected chi connectivity index (χ3v) is 6.68. The summed E-state index contributed by atoms with van der Waals surface area (Å²) >= 11 is 3.18. The van der Waals surface area contributed by atoms with Crippen molar-refractivity contribution in [2.75, 3.05) is 12.3 Å². The number of carbonyl (C=O) groups is 1. The van der Waals surface area contributed by atoms with E-state index in [1.54, 1.807) is 18.7 Å². The van der Waals surface area contributed by atoms with E-state index in [0.717, 1.165) is 32.0 Å². The summed E-state index contributed by atoms with van der Waals surface area (Å²) in [6, 6.07) is 18.4. The lowest BCUT2D eigenvalue weighted by molar-refractivity contribution is 0.105. The summed E-state index contributed by atoms with van der Waals surface area (Å²) in [7, 11) is 0. The van der Waals surface area contributed by atoms with Gasteiger partial charge in [-0.3, -0.25) is 0 Å². The second kappa shape index (κ2) is 10.4. The number of nitrogens with zero attached hydrogens (tertiary/aromatic N) is 1. The van der Waals surface area contributed by atoms with E-state index < -0.39 is 6.16 Å². The van der Waals surface area contributed by atoms with Gasteiger partial charge in [0, 0.05) is 21.6 Å². The number of thiophene rings is 1. The summed E-state index contributed by atoms with van der Waals surface area (Å²) in [6.07, 6.45) is 0.666. The highest BCUT2D eigenvalue weighted by Gasteiger charge is 2.17. The Hall–Kier alpha value is -3.23. The number of fused-ring (bicyclic) bond motifs is 1. The fraction of sp³-hybridized carbons (Fsp3) is 0.167.